The molecule has 1 saturated carbocycles. The van der Waals surface area contributed by atoms with Gasteiger partial charge in [-0.25, -0.2) is 4.68 Å². The first-order chi connectivity index (χ1) is 14.9. The number of carbonyl (C=O) groups is 3. The van der Waals surface area contributed by atoms with E-state index in [1.54, 1.807) is 18.7 Å². The summed E-state index contributed by atoms with van der Waals surface area (Å²) in [4.78, 5) is 52.3. The third kappa shape index (κ3) is 2.89. The lowest BCUT2D eigenvalue weighted by atomic mass is 9.85. The average Bonchev–Trinajstić information content (AvgIpc) is 3.48. The summed E-state index contributed by atoms with van der Waals surface area (Å²) in [6.07, 6.45) is 4.92. The fraction of sp³-hybridized carbons (Fsp3) is 0.391. The number of anilines is 1. The van der Waals surface area contributed by atoms with Crippen molar-refractivity contribution >= 4 is 23.4 Å². The number of amides is 3. The van der Waals surface area contributed by atoms with Crippen LogP contribution in [0.25, 0.3) is 5.69 Å². The SMILES string of the molecule is Cc1c(NC(=O)CCN2C(=O)C3C4C=CC(C4)C3C2=O)c(=O)n(-c2ccccc2)n1C. The van der Waals surface area contributed by atoms with Crippen LogP contribution < -0.4 is 10.9 Å². The molecule has 0 spiro atoms. The third-order valence-electron chi connectivity index (χ3n) is 6.94. The molecule has 2 heterocycles. The highest BCUT2D eigenvalue weighted by Crippen LogP contribution is 2.52. The Balaban J connectivity index is 1.29. The van der Waals surface area contributed by atoms with E-state index in [-0.39, 0.29) is 59.7 Å². The van der Waals surface area contributed by atoms with Gasteiger partial charge in [0.05, 0.1) is 23.2 Å². The molecule has 2 fully saturated rings. The van der Waals surface area contributed by atoms with Gasteiger partial charge in [0.1, 0.15) is 5.69 Å². The molecule has 31 heavy (non-hydrogen) atoms. The van der Waals surface area contributed by atoms with E-state index in [0.717, 1.165) is 6.42 Å². The van der Waals surface area contributed by atoms with Crippen LogP contribution >= 0.6 is 0 Å². The molecule has 2 aliphatic carbocycles. The molecular weight excluding hydrogens is 396 g/mol. The van der Waals surface area contributed by atoms with Gasteiger partial charge >= 0.3 is 0 Å². The van der Waals surface area contributed by atoms with Gasteiger partial charge < -0.3 is 5.32 Å². The molecule has 2 aromatic rings. The van der Waals surface area contributed by atoms with Gasteiger partial charge in [-0.05, 0) is 37.3 Å². The maximum atomic E-state index is 12.9. The zero-order chi connectivity index (χ0) is 21.9. The van der Waals surface area contributed by atoms with Gasteiger partial charge in [-0.15, -0.1) is 0 Å². The van der Waals surface area contributed by atoms with Crippen LogP contribution in [0.5, 0.6) is 0 Å². The molecule has 1 aromatic carbocycles. The maximum absolute atomic E-state index is 12.9. The first-order valence-corrected chi connectivity index (χ1v) is 10.6. The fourth-order valence-corrected chi connectivity index (χ4v) is 5.31. The van der Waals surface area contributed by atoms with Gasteiger partial charge in [-0.2, -0.15) is 0 Å². The van der Waals surface area contributed by atoms with Crippen LogP contribution in [0, 0.1) is 30.6 Å². The second-order valence-corrected chi connectivity index (χ2v) is 8.56. The van der Waals surface area contributed by atoms with Crippen LogP contribution in [-0.2, 0) is 21.4 Å². The molecule has 0 radical (unpaired) electrons. The molecule has 1 aliphatic heterocycles. The Hall–Kier alpha value is -3.42. The van der Waals surface area contributed by atoms with Crippen molar-refractivity contribution in [1.29, 1.82) is 0 Å². The van der Waals surface area contributed by atoms with Gasteiger partial charge in [0.15, 0.2) is 0 Å². The highest BCUT2D eigenvalue weighted by atomic mass is 16.2. The summed E-state index contributed by atoms with van der Waals surface area (Å²) < 4.78 is 3.17. The highest BCUT2D eigenvalue weighted by molar-refractivity contribution is 6.06. The van der Waals surface area contributed by atoms with E-state index >= 15 is 0 Å². The smallest absolute Gasteiger partial charge is 0.295 e. The van der Waals surface area contributed by atoms with Gasteiger partial charge in [0, 0.05) is 20.0 Å². The molecule has 8 nitrogen and oxygen atoms in total. The standard InChI is InChI=1S/C23H24N4O4/c1-13-20(23(31)27(25(13)2)16-6-4-3-5-7-16)24-17(28)10-11-26-21(29)18-14-8-9-15(12-14)19(18)22(26)30/h3-9,14-15,18-19H,10-12H2,1-2H3,(H,24,28). The molecule has 4 atom stereocenters. The third-order valence-corrected chi connectivity index (χ3v) is 6.94. The number of allylic oxidation sites excluding steroid dienone is 2. The molecule has 2 bridgehead atoms. The number of hydrogen-bond donors (Lipinski definition) is 1. The summed E-state index contributed by atoms with van der Waals surface area (Å²) in [5, 5.41) is 2.69. The van der Waals surface area contributed by atoms with Crippen molar-refractivity contribution in [2.24, 2.45) is 30.7 Å². The zero-order valence-electron chi connectivity index (χ0n) is 17.4. The minimum Gasteiger partial charge on any atom is -0.320 e. The Kier molecular flexibility index (Phi) is 4.46. The maximum Gasteiger partial charge on any atom is 0.295 e. The summed E-state index contributed by atoms with van der Waals surface area (Å²) in [7, 11) is 1.75. The van der Waals surface area contributed by atoms with Crippen molar-refractivity contribution in [2.45, 2.75) is 19.8 Å². The van der Waals surface area contributed by atoms with E-state index in [1.807, 2.05) is 42.5 Å². The van der Waals surface area contributed by atoms with Crippen molar-refractivity contribution in [3.8, 4) is 5.69 Å². The molecule has 1 saturated heterocycles. The van der Waals surface area contributed by atoms with E-state index < -0.39 is 5.91 Å². The summed E-state index contributed by atoms with van der Waals surface area (Å²) in [6.45, 7) is 1.79. The lowest BCUT2D eigenvalue weighted by Crippen LogP contribution is -2.35. The van der Waals surface area contributed by atoms with Crippen molar-refractivity contribution in [3.63, 3.8) is 0 Å². The monoisotopic (exact) mass is 420 g/mol. The lowest BCUT2D eigenvalue weighted by molar-refractivity contribution is -0.140. The number of fused-ring (bicyclic) bond motifs is 5. The molecular formula is C23H24N4O4. The average molecular weight is 420 g/mol. The second kappa shape index (κ2) is 7.08. The van der Waals surface area contributed by atoms with Crippen molar-refractivity contribution in [3.05, 3.63) is 58.5 Å². The van der Waals surface area contributed by atoms with Crippen molar-refractivity contribution in [2.75, 3.05) is 11.9 Å². The van der Waals surface area contributed by atoms with Gasteiger partial charge in [-0.1, -0.05) is 30.4 Å². The topological polar surface area (TPSA) is 93.4 Å². The van der Waals surface area contributed by atoms with Crippen molar-refractivity contribution in [1.82, 2.24) is 14.3 Å². The number of hydrogen-bond acceptors (Lipinski definition) is 4. The van der Waals surface area contributed by atoms with Crippen LogP contribution in [0.3, 0.4) is 0 Å². The molecule has 3 amide bonds. The molecule has 4 unspecified atom stereocenters. The Bertz CT molecular complexity index is 1150. The van der Waals surface area contributed by atoms with Crippen LogP contribution in [0.4, 0.5) is 5.69 Å². The first kappa shape index (κ1) is 19.5. The van der Waals surface area contributed by atoms with Gasteiger partial charge in [0.2, 0.25) is 17.7 Å². The number of nitrogens with one attached hydrogen (secondary N) is 1. The van der Waals surface area contributed by atoms with Gasteiger partial charge in [-0.3, -0.25) is 28.8 Å². The number of likely N-dealkylation sites (tertiary alicyclic amines) is 1. The van der Waals surface area contributed by atoms with E-state index in [2.05, 4.69) is 5.32 Å². The number of imide groups is 1. The molecule has 8 heteroatoms. The molecule has 160 valence electrons. The number of nitrogens with zero attached hydrogens (tertiary/aromatic N) is 3. The number of aromatic nitrogens is 2. The highest BCUT2D eigenvalue weighted by Gasteiger charge is 2.59. The molecule has 3 aliphatic rings. The van der Waals surface area contributed by atoms with E-state index in [4.69, 9.17) is 0 Å². The predicted octanol–water partition coefficient (Wildman–Crippen LogP) is 1.62. The number of para-hydroxylation sites is 1. The number of rotatable bonds is 5. The summed E-state index contributed by atoms with van der Waals surface area (Å²) >= 11 is 0. The number of carbonyl (C=O) groups excluding carboxylic acids is 3. The Morgan fingerprint density at radius 3 is 2.26 bits per heavy atom. The minimum atomic E-state index is -0.398. The number of benzene rings is 1. The first-order valence-electron chi connectivity index (χ1n) is 10.6. The second-order valence-electron chi connectivity index (χ2n) is 8.56. The van der Waals surface area contributed by atoms with Gasteiger partial charge in [0.25, 0.3) is 5.56 Å². The molecule has 1 aromatic heterocycles. The van der Waals surface area contributed by atoms with E-state index in [1.165, 1.54) is 9.58 Å². The van der Waals surface area contributed by atoms with E-state index in [0.29, 0.717) is 11.4 Å². The largest absolute Gasteiger partial charge is 0.320 e. The summed E-state index contributed by atoms with van der Waals surface area (Å²) in [5.74, 6) is -0.962. The van der Waals surface area contributed by atoms with Crippen LogP contribution in [0.2, 0.25) is 0 Å². The quantitative estimate of drug-likeness (QED) is 0.588. The summed E-state index contributed by atoms with van der Waals surface area (Å²) in [5.41, 5.74) is 1.19. The minimum absolute atomic E-state index is 0.0364. The van der Waals surface area contributed by atoms with Crippen LogP contribution in [0.15, 0.2) is 47.3 Å². The zero-order valence-corrected chi connectivity index (χ0v) is 17.4. The Morgan fingerprint density at radius 2 is 1.65 bits per heavy atom. The Labute approximate surface area is 179 Å². The predicted molar refractivity (Wildman–Crippen MR) is 113 cm³/mol. The normalized spacial score (nSPS) is 26.1. The fourth-order valence-electron chi connectivity index (χ4n) is 5.31. The van der Waals surface area contributed by atoms with E-state index in [9.17, 15) is 19.2 Å². The van der Waals surface area contributed by atoms with Crippen molar-refractivity contribution < 1.29 is 14.4 Å². The lowest BCUT2D eigenvalue weighted by Gasteiger charge is -2.16. The van der Waals surface area contributed by atoms with Crippen LogP contribution in [-0.4, -0.2) is 38.5 Å². The molecule has 5 rings (SSSR count). The molecule has 1 N–H and O–H groups in total. The van der Waals surface area contributed by atoms with Crippen LogP contribution in [0.1, 0.15) is 18.5 Å². The Morgan fingerprint density at radius 1 is 1.03 bits per heavy atom. The summed E-state index contributed by atoms with van der Waals surface area (Å²) in [6, 6.07) is 9.17.